The highest BCUT2D eigenvalue weighted by Gasteiger charge is 2.32. The number of nitrogens with one attached hydrogen (secondary N) is 1. The quantitative estimate of drug-likeness (QED) is 0.494. The summed E-state index contributed by atoms with van der Waals surface area (Å²) < 4.78 is 5.41. The van der Waals surface area contributed by atoms with Crippen molar-refractivity contribution in [2.75, 3.05) is 26.0 Å². The van der Waals surface area contributed by atoms with Crippen molar-refractivity contribution in [3.8, 4) is 0 Å². The van der Waals surface area contributed by atoms with E-state index in [0.717, 1.165) is 32.4 Å². The van der Waals surface area contributed by atoms with Crippen LogP contribution in [0.2, 0.25) is 0 Å². The summed E-state index contributed by atoms with van der Waals surface area (Å²) in [5, 5.41) is 3.60. The molecule has 0 spiro atoms. The molecule has 0 atom stereocenters. The summed E-state index contributed by atoms with van der Waals surface area (Å²) in [7, 11) is 0. The second kappa shape index (κ2) is 9.65. The summed E-state index contributed by atoms with van der Waals surface area (Å²) >= 11 is 2.03. The molecule has 1 saturated carbocycles. The molecule has 1 rings (SSSR count). The first kappa shape index (κ1) is 16.8. The predicted molar refractivity (Wildman–Crippen MR) is 82.7 cm³/mol. The molecule has 0 bridgehead atoms. The first-order valence-corrected chi connectivity index (χ1v) is 8.86. The smallest absolute Gasteiger partial charge is 0.305 e. The highest BCUT2D eigenvalue weighted by atomic mass is 32.2. The number of hydrogen-bond donors (Lipinski definition) is 1. The van der Waals surface area contributed by atoms with Gasteiger partial charge in [-0.1, -0.05) is 19.3 Å². The topological polar surface area (TPSA) is 38.3 Å². The minimum absolute atomic E-state index is 0.0530. The lowest BCUT2D eigenvalue weighted by Crippen LogP contribution is -2.35. The average molecular weight is 287 g/mol. The molecule has 1 fully saturated rings. The molecule has 0 saturated heterocycles. The van der Waals surface area contributed by atoms with Crippen LogP contribution in [0.15, 0.2) is 0 Å². The van der Waals surface area contributed by atoms with Crippen LogP contribution in [0.25, 0.3) is 0 Å². The van der Waals surface area contributed by atoms with Gasteiger partial charge in [-0.2, -0.15) is 11.8 Å². The van der Waals surface area contributed by atoms with Gasteiger partial charge in [0.05, 0.1) is 6.61 Å². The lowest BCUT2D eigenvalue weighted by atomic mass is 10.1. The minimum atomic E-state index is -0.0530. The number of esters is 1. The fourth-order valence-corrected chi connectivity index (χ4v) is 3.66. The Bertz CT molecular complexity index is 253. The Kier molecular flexibility index (Phi) is 8.55. The van der Waals surface area contributed by atoms with Crippen LogP contribution in [0.4, 0.5) is 0 Å². The zero-order chi connectivity index (χ0) is 14.0. The molecule has 0 amide bonds. The number of unbranched alkanes of at least 4 members (excludes halogenated alkanes) is 2. The van der Waals surface area contributed by atoms with Gasteiger partial charge < -0.3 is 10.1 Å². The van der Waals surface area contributed by atoms with Crippen molar-refractivity contribution in [1.29, 1.82) is 0 Å². The van der Waals surface area contributed by atoms with Gasteiger partial charge >= 0.3 is 5.97 Å². The van der Waals surface area contributed by atoms with E-state index in [1.54, 1.807) is 0 Å². The van der Waals surface area contributed by atoms with Crippen LogP contribution in [-0.2, 0) is 9.53 Å². The Hall–Kier alpha value is -0.220. The van der Waals surface area contributed by atoms with Crippen molar-refractivity contribution in [3.05, 3.63) is 0 Å². The Balaban J connectivity index is 1.95. The van der Waals surface area contributed by atoms with E-state index in [1.165, 1.54) is 25.7 Å². The second-order valence-corrected chi connectivity index (χ2v) is 6.66. The number of carbonyl (C=O) groups is 1. The Morgan fingerprint density at radius 1 is 1.26 bits per heavy atom. The Morgan fingerprint density at radius 2 is 2.00 bits per heavy atom. The van der Waals surface area contributed by atoms with Crippen LogP contribution >= 0.6 is 11.8 Å². The molecule has 0 radical (unpaired) electrons. The molecule has 0 aliphatic heterocycles. The molecule has 0 heterocycles. The molecule has 19 heavy (non-hydrogen) atoms. The fourth-order valence-electron chi connectivity index (χ4n) is 2.72. The maximum absolute atomic E-state index is 11.1. The molecule has 3 nitrogen and oxygen atoms in total. The van der Waals surface area contributed by atoms with Crippen molar-refractivity contribution in [1.82, 2.24) is 5.32 Å². The largest absolute Gasteiger partial charge is 0.466 e. The number of hydrogen-bond acceptors (Lipinski definition) is 4. The van der Waals surface area contributed by atoms with E-state index in [0.29, 0.717) is 17.8 Å². The molecule has 4 heteroatoms. The van der Waals surface area contributed by atoms with Crippen molar-refractivity contribution < 1.29 is 9.53 Å². The van der Waals surface area contributed by atoms with Gasteiger partial charge in [0.1, 0.15) is 0 Å². The second-order valence-electron chi connectivity index (χ2n) is 5.39. The SMILES string of the molecule is CCOC(=O)CCCCCNCC1(SC)CCCC1. The van der Waals surface area contributed by atoms with Crippen molar-refractivity contribution in [2.45, 2.75) is 63.0 Å². The molecule has 1 aliphatic rings. The molecular formula is C15H29NO2S. The highest BCUT2D eigenvalue weighted by molar-refractivity contribution is 8.00. The van der Waals surface area contributed by atoms with E-state index in [9.17, 15) is 4.79 Å². The van der Waals surface area contributed by atoms with Crippen LogP contribution in [0.3, 0.4) is 0 Å². The van der Waals surface area contributed by atoms with Gasteiger partial charge in [0.15, 0.2) is 0 Å². The van der Waals surface area contributed by atoms with Gasteiger partial charge in [0.25, 0.3) is 0 Å². The molecule has 112 valence electrons. The zero-order valence-electron chi connectivity index (χ0n) is 12.5. The van der Waals surface area contributed by atoms with E-state index in [1.807, 2.05) is 18.7 Å². The van der Waals surface area contributed by atoms with Crippen LogP contribution in [-0.4, -0.2) is 36.7 Å². The Labute approximate surface area is 122 Å². The van der Waals surface area contributed by atoms with Crippen LogP contribution < -0.4 is 5.32 Å². The summed E-state index contributed by atoms with van der Waals surface area (Å²) in [6.07, 6.45) is 11.5. The number of carbonyl (C=O) groups excluding carboxylic acids is 1. The molecule has 0 aromatic carbocycles. The van der Waals surface area contributed by atoms with Crippen molar-refractivity contribution in [2.24, 2.45) is 0 Å². The maximum atomic E-state index is 11.1. The summed E-state index contributed by atoms with van der Waals surface area (Å²) in [5.41, 5.74) is 0. The molecule has 0 aromatic rings. The standard InChI is InChI=1S/C15H29NO2S/c1-3-18-14(17)9-5-4-8-12-16-13-15(19-2)10-6-7-11-15/h16H,3-13H2,1-2H3. The van der Waals surface area contributed by atoms with Crippen molar-refractivity contribution >= 4 is 17.7 Å². The van der Waals surface area contributed by atoms with E-state index >= 15 is 0 Å². The van der Waals surface area contributed by atoms with Gasteiger partial charge in [0, 0.05) is 17.7 Å². The number of ether oxygens (including phenoxy) is 1. The van der Waals surface area contributed by atoms with Crippen LogP contribution in [0, 0.1) is 0 Å². The maximum Gasteiger partial charge on any atom is 0.305 e. The monoisotopic (exact) mass is 287 g/mol. The van der Waals surface area contributed by atoms with Crippen LogP contribution in [0.5, 0.6) is 0 Å². The normalized spacial score (nSPS) is 17.6. The molecular weight excluding hydrogens is 258 g/mol. The highest BCUT2D eigenvalue weighted by Crippen LogP contribution is 2.39. The van der Waals surface area contributed by atoms with Gasteiger partial charge in [-0.05, 0) is 45.4 Å². The third-order valence-corrected chi connectivity index (χ3v) is 5.35. The van der Waals surface area contributed by atoms with Crippen molar-refractivity contribution in [3.63, 3.8) is 0 Å². The Morgan fingerprint density at radius 3 is 2.63 bits per heavy atom. The van der Waals surface area contributed by atoms with Gasteiger partial charge in [-0.15, -0.1) is 0 Å². The minimum Gasteiger partial charge on any atom is -0.466 e. The van der Waals surface area contributed by atoms with E-state index in [4.69, 9.17) is 4.74 Å². The summed E-state index contributed by atoms with van der Waals surface area (Å²) in [6.45, 7) is 4.57. The van der Waals surface area contributed by atoms with Crippen LogP contribution in [0.1, 0.15) is 58.3 Å². The summed E-state index contributed by atoms with van der Waals surface area (Å²) in [6, 6.07) is 0. The predicted octanol–water partition coefficient (Wildman–Crippen LogP) is 3.38. The molecule has 0 unspecified atom stereocenters. The fraction of sp³-hybridized carbons (Fsp3) is 0.933. The number of thioether (sulfide) groups is 1. The average Bonchev–Trinajstić information content (AvgIpc) is 2.87. The first-order valence-electron chi connectivity index (χ1n) is 7.64. The molecule has 0 aromatic heterocycles. The lowest BCUT2D eigenvalue weighted by Gasteiger charge is -2.27. The number of rotatable bonds is 10. The first-order chi connectivity index (χ1) is 9.22. The zero-order valence-corrected chi connectivity index (χ0v) is 13.3. The summed E-state index contributed by atoms with van der Waals surface area (Å²) in [5.74, 6) is -0.0530. The van der Waals surface area contributed by atoms with Gasteiger partial charge in [-0.25, -0.2) is 0 Å². The third kappa shape index (κ3) is 6.66. The van der Waals surface area contributed by atoms with Gasteiger partial charge in [-0.3, -0.25) is 4.79 Å². The lowest BCUT2D eigenvalue weighted by molar-refractivity contribution is -0.143. The summed E-state index contributed by atoms with van der Waals surface area (Å²) in [4.78, 5) is 11.1. The molecule has 1 aliphatic carbocycles. The van der Waals surface area contributed by atoms with E-state index < -0.39 is 0 Å². The van der Waals surface area contributed by atoms with E-state index in [-0.39, 0.29) is 5.97 Å². The van der Waals surface area contributed by atoms with E-state index in [2.05, 4.69) is 11.6 Å². The van der Waals surface area contributed by atoms with Gasteiger partial charge in [0.2, 0.25) is 0 Å². The third-order valence-electron chi connectivity index (χ3n) is 3.93. The molecule has 1 N–H and O–H groups in total.